The molecule has 2 rings (SSSR count). The monoisotopic (exact) mass is 233 g/mol. The number of nitrogens with zero attached hydrogens (tertiary/aromatic N) is 2. The van der Waals surface area contributed by atoms with Crippen LogP contribution in [-0.2, 0) is 4.79 Å². The summed E-state index contributed by atoms with van der Waals surface area (Å²) in [6, 6.07) is 7.85. The third-order valence-electron chi connectivity index (χ3n) is 2.39. The van der Waals surface area contributed by atoms with E-state index in [2.05, 4.69) is 5.43 Å². The van der Waals surface area contributed by atoms with Crippen molar-refractivity contribution in [3.8, 4) is 0 Å². The van der Waals surface area contributed by atoms with Crippen LogP contribution in [0.1, 0.15) is 10.4 Å². The van der Waals surface area contributed by atoms with Crippen molar-refractivity contribution in [2.24, 2.45) is 0 Å². The van der Waals surface area contributed by atoms with Crippen molar-refractivity contribution in [1.29, 1.82) is 0 Å². The van der Waals surface area contributed by atoms with Crippen LogP contribution in [0.5, 0.6) is 0 Å². The van der Waals surface area contributed by atoms with Crippen molar-refractivity contribution in [3.63, 3.8) is 0 Å². The second kappa shape index (κ2) is 4.25. The number of carbonyl (C=O) groups excluding carboxylic acids is 3. The van der Waals surface area contributed by atoms with Crippen LogP contribution in [0.2, 0.25) is 0 Å². The smallest absolute Gasteiger partial charge is 0.316 e. The van der Waals surface area contributed by atoms with Gasteiger partial charge >= 0.3 is 6.03 Å². The number of urea groups is 1. The minimum Gasteiger partial charge on any atom is -0.316 e. The first-order chi connectivity index (χ1) is 8.09. The van der Waals surface area contributed by atoms with Crippen molar-refractivity contribution in [1.82, 2.24) is 15.3 Å². The summed E-state index contributed by atoms with van der Waals surface area (Å²) < 4.78 is 0. The molecule has 88 valence electrons. The number of amides is 4. The molecule has 1 N–H and O–H groups in total. The lowest BCUT2D eigenvalue weighted by Crippen LogP contribution is -2.46. The van der Waals surface area contributed by atoms with Crippen molar-refractivity contribution >= 4 is 17.8 Å². The van der Waals surface area contributed by atoms with E-state index < -0.39 is 17.8 Å². The maximum atomic E-state index is 11.7. The van der Waals surface area contributed by atoms with E-state index in [1.165, 1.54) is 11.9 Å². The van der Waals surface area contributed by atoms with E-state index >= 15 is 0 Å². The van der Waals surface area contributed by atoms with Crippen LogP contribution in [0.3, 0.4) is 0 Å². The Balaban J connectivity index is 2.10. The summed E-state index contributed by atoms with van der Waals surface area (Å²) in [4.78, 5) is 35.9. The first-order valence-corrected chi connectivity index (χ1v) is 5.03. The van der Waals surface area contributed by atoms with Crippen LogP contribution < -0.4 is 5.43 Å². The van der Waals surface area contributed by atoms with Gasteiger partial charge in [0, 0.05) is 12.6 Å². The van der Waals surface area contributed by atoms with Crippen LogP contribution >= 0.6 is 0 Å². The Morgan fingerprint density at radius 1 is 1.24 bits per heavy atom. The second-order valence-electron chi connectivity index (χ2n) is 3.67. The number of rotatable bonds is 2. The molecule has 0 atom stereocenters. The van der Waals surface area contributed by atoms with Crippen LogP contribution in [0, 0.1) is 0 Å². The Morgan fingerprint density at radius 2 is 1.88 bits per heavy atom. The SMILES string of the molecule is CN1CC(=O)N(NC(=O)c2ccccc2)C1=O. The van der Waals surface area contributed by atoms with Crippen molar-refractivity contribution < 1.29 is 14.4 Å². The number of hydrogen-bond acceptors (Lipinski definition) is 3. The minimum absolute atomic E-state index is 0.0199. The Morgan fingerprint density at radius 3 is 2.41 bits per heavy atom. The van der Waals surface area contributed by atoms with Gasteiger partial charge in [-0.3, -0.25) is 15.0 Å². The fraction of sp³-hybridized carbons (Fsp3) is 0.182. The molecule has 1 aromatic carbocycles. The summed E-state index contributed by atoms with van der Waals surface area (Å²) in [6.07, 6.45) is 0. The van der Waals surface area contributed by atoms with Gasteiger partial charge in [-0.25, -0.2) is 4.79 Å². The molecule has 0 aromatic heterocycles. The van der Waals surface area contributed by atoms with Gasteiger partial charge in [0.25, 0.3) is 11.8 Å². The summed E-state index contributed by atoms with van der Waals surface area (Å²) in [5.74, 6) is -0.926. The topological polar surface area (TPSA) is 69.7 Å². The molecule has 4 amide bonds. The van der Waals surface area contributed by atoms with Crippen molar-refractivity contribution in [2.45, 2.75) is 0 Å². The molecule has 0 aliphatic carbocycles. The number of nitrogens with one attached hydrogen (secondary N) is 1. The molecule has 0 spiro atoms. The summed E-state index contributed by atoms with van der Waals surface area (Å²) in [5, 5.41) is 0.731. The van der Waals surface area contributed by atoms with Crippen molar-refractivity contribution in [2.75, 3.05) is 13.6 Å². The Kier molecular flexibility index (Phi) is 2.78. The van der Waals surface area contributed by atoms with Gasteiger partial charge in [-0.2, -0.15) is 5.01 Å². The molecule has 1 aromatic rings. The Labute approximate surface area is 97.8 Å². The number of likely N-dealkylation sites (N-methyl/N-ethyl adjacent to an activating group) is 1. The molecule has 0 bridgehead atoms. The summed E-state index contributed by atoms with van der Waals surface area (Å²) in [5.41, 5.74) is 2.67. The highest BCUT2D eigenvalue weighted by Gasteiger charge is 2.35. The zero-order valence-corrected chi connectivity index (χ0v) is 9.21. The number of hydrazine groups is 1. The third-order valence-corrected chi connectivity index (χ3v) is 2.39. The highest BCUT2D eigenvalue weighted by Crippen LogP contribution is 2.06. The summed E-state index contributed by atoms with van der Waals surface area (Å²) in [6.45, 7) is -0.0199. The lowest BCUT2D eigenvalue weighted by atomic mass is 10.2. The largest absolute Gasteiger partial charge is 0.346 e. The van der Waals surface area contributed by atoms with Gasteiger partial charge in [0.15, 0.2) is 0 Å². The lowest BCUT2D eigenvalue weighted by molar-refractivity contribution is -0.126. The van der Waals surface area contributed by atoms with E-state index in [4.69, 9.17) is 0 Å². The zero-order chi connectivity index (χ0) is 12.4. The summed E-state index contributed by atoms with van der Waals surface area (Å²) >= 11 is 0. The normalized spacial score (nSPS) is 15.4. The number of benzene rings is 1. The lowest BCUT2D eigenvalue weighted by Gasteiger charge is -2.14. The highest BCUT2D eigenvalue weighted by molar-refractivity contribution is 6.05. The predicted octanol–water partition coefficient (Wildman–Crippen LogP) is 0.225. The van der Waals surface area contributed by atoms with Crippen LogP contribution in [0.25, 0.3) is 0 Å². The van der Waals surface area contributed by atoms with Gasteiger partial charge in [-0.1, -0.05) is 18.2 Å². The van der Waals surface area contributed by atoms with Crippen molar-refractivity contribution in [3.05, 3.63) is 35.9 Å². The standard InChI is InChI=1S/C11H11N3O3/c1-13-7-9(15)14(11(13)17)12-10(16)8-5-3-2-4-6-8/h2-6H,7H2,1H3,(H,12,16). The predicted molar refractivity (Wildman–Crippen MR) is 58.8 cm³/mol. The molecule has 6 heteroatoms. The van der Waals surface area contributed by atoms with Gasteiger partial charge in [-0.15, -0.1) is 0 Å². The highest BCUT2D eigenvalue weighted by atomic mass is 16.2. The molecule has 1 aliphatic heterocycles. The molecule has 6 nitrogen and oxygen atoms in total. The van der Waals surface area contributed by atoms with E-state index in [1.807, 2.05) is 0 Å². The second-order valence-corrected chi connectivity index (χ2v) is 3.67. The minimum atomic E-state index is -0.528. The molecule has 1 aliphatic rings. The first-order valence-electron chi connectivity index (χ1n) is 5.03. The number of hydrogen-bond donors (Lipinski definition) is 1. The maximum Gasteiger partial charge on any atom is 0.346 e. The number of imide groups is 1. The van der Waals surface area contributed by atoms with E-state index in [1.54, 1.807) is 30.3 Å². The van der Waals surface area contributed by atoms with Crippen LogP contribution in [0.4, 0.5) is 4.79 Å². The molecular formula is C11H11N3O3. The van der Waals surface area contributed by atoms with Gasteiger partial charge in [0.1, 0.15) is 6.54 Å². The molecule has 17 heavy (non-hydrogen) atoms. The Hall–Kier alpha value is -2.37. The maximum absolute atomic E-state index is 11.7. The zero-order valence-electron chi connectivity index (χ0n) is 9.21. The van der Waals surface area contributed by atoms with Gasteiger partial charge in [0.05, 0.1) is 0 Å². The molecule has 0 radical (unpaired) electrons. The average Bonchev–Trinajstić information content (AvgIpc) is 2.57. The van der Waals surface area contributed by atoms with E-state index in [0.717, 1.165) is 5.01 Å². The average molecular weight is 233 g/mol. The Bertz CT molecular complexity index is 472. The van der Waals surface area contributed by atoms with E-state index in [9.17, 15) is 14.4 Å². The first kappa shape index (κ1) is 11.1. The van der Waals surface area contributed by atoms with Gasteiger partial charge in [-0.05, 0) is 12.1 Å². The molecule has 1 heterocycles. The molecule has 0 saturated carbocycles. The molecule has 0 unspecified atom stereocenters. The van der Waals surface area contributed by atoms with Crippen LogP contribution in [-0.4, -0.2) is 41.3 Å². The van der Waals surface area contributed by atoms with Gasteiger partial charge < -0.3 is 4.90 Å². The molecule has 1 fully saturated rings. The quantitative estimate of drug-likeness (QED) is 0.743. The third kappa shape index (κ3) is 2.10. The molecule has 1 saturated heterocycles. The fourth-order valence-electron chi connectivity index (χ4n) is 1.48. The summed E-state index contributed by atoms with van der Waals surface area (Å²) in [7, 11) is 1.49. The van der Waals surface area contributed by atoms with E-state index in [0.29, 0.717) is 5.56 Å². The van der Waals surface area contributed by atoms with Gasteiger partial charge in [0.2, 0.25) is 0 Å². The van der Waals surface area contributed by atoms with E-state index in [-0.39, 0.29) is 6.54 Å². The number of carbonyl (C=O) groups is 3. The fourth-order valence-corrected chi connectivity index (χ4v) is 1.48. The van der Waals surface area contributed by atoms with Crippen LogP contribution in [0.15, 0.2) is 30.3 Å². The molecular weight excluding hydrogens is 222 g/mol.